The molecule has 4 N–H and O–H groups in total. The summed E-state index contributed by atoms with van der Waals surface area (Å²) in [6, 6.07) is 5.40. The summed E-state index contributed by atoms with van der Waals surface area (Å²) in [6.07, 6.45) is 3.79. The topological polar surface area (TPSA) is 138 Å². The van der Waals surface area contributed by atoms with Crippen molar-refractivity contribution in [2.45, 2.75) is 43.9 Å². The van der Waals surface area contributed by atoms with E-state index in [1.54, 1.807) is 19.1 Å². The highest BCUT2D eigenvalue weighted by atomic mass is 32.2. The molecule has 2 aromatic rings. The predicted molar refractivity (Wildman–Crippen MR) is 110 cm³/mol. The number of aryl methyl sites for hydroxylation is 3. The summed E-state index contributed by atoms with van der Waals surface area (Å²) in [7, 11) is -3.58. The predicted octanol–water partition coefficient (Wildman–Crippen LogP) is 1.35. The number of hydrogen-bond acceptors (Lipinski definition) is 5. The van der Waals surface area contributed by atoms with Gasteiger partial charge in [0.2, 0.25) is 15.9 Å². The van der Waals surface area contributed by atoms with Crippen molar-refractivity contribution >= 4 is 27.5 Å². The van der Waals surface area contributed by atoms with Crippen molar-refractivity contribution < 1.29 is 18.0 Å². The summed E-state index contributed by atoms with van der Waals surface area (Å²) >= 11 is 0. The van der Waals surface area contributed by atoms with Crippen LogP contribution in [0.1, 0.15) is 46.6 Å². The third-order valence-corrected chi connectivity index (χ3v) is 7.86. The molecule has 2 heterocycles. The molecule has 9 nitrogen and oxygen atoms in total. The lowest BCUT2D eigenvalue weighted by Crippen LogP contribution is -2.41. The largest absolute Gasteiger partial charge is 0.364 e. The van der Waals surface area contributed by atoms with Crippen LogP contribution in [0.3, 0.4) is 0 Å². The number of rotatable bonds is 5. The van der Waals surface area contributed by atoms with Gasteiger partial charge in [0.1, 0.15) is 0 Å². The second-order valence-corrected chi connectivity index (χ2v) is 9.83. The average molecular weight is 432 g/mol. The summed E-state index contributed by atoms with van der Waals surface area (Å²) < 4.78 is 27.5. The van der Waals surface area contributed by atoms with Crippen molar-refractivity contribution in [2.75, 3.05) is 18.4 Å². The van der Waals surface area contributed by atoms with E-state index in [9.17, 15) is 18.0 Å². The van der Waals surface area contributed by atoms with Gasteiger partial charge in [0.15, 0.2) is 5.69 Å². The SMILES string of the molecule is Cc1[nH]nc(C(N)=O)c1NC(=O)C1CCN(S(=O)(=O)c2ccc3c(c2)CCC3)CC1. The van der Waals surface area contributed by atoms with E-state index in [0.29, 0.717) is 23.4 Å². The monoisotopic (exact) mass is 431 g/mol. The van der Waals surface area contributed by atoms with Gasteiger partial charge in [-0.05, 0) is 62.3 Å². The second-order valence-electron chi connectivity index (χ2n) is 7.89. The summed E-state index contributed by atoms with van der Waals surface area (Å²) in [5.41, 5.74) is 8.44. The zero-order chi connectivity index (χ0) is 21.5. The summed E-state index contributed by atoms with van der Waals surface area (Å²) in [5.74, 6) is -1.35. The number of carbonyl (C=O) groups excluding carboxylic acids is 2. The van der Waals surface area contributed by atoms with Crippen LogP contribution in [0.2, 0.25) is 0 Å². The molecule has 0 unspecified atom stereocenters. The number of aromatic nitrogens is 2. The van der Waals surface area contributed by atoms with Crippen molar-refractivity contribution in [2.24, 2.45) is 11.7 Å². The van der Waals surface area contributed by atoms with Gasteiger partial charge in [0.25, 0.3) is 5.91 Å². The molecule has 0 atom stereocenters. The maximum absolute atomic E-state index is 13.0. The smallest absolute Gasteiger partial charge is 0.271 e. The van der Waals surface area contributed by atoms with Crippen LogP contribution in [0.25, 0.3) is 0 Å². The first-order valence-electron chi connectivity index (χ1n) is 10.0. The fourth-order valence-corrected chi connectivity index (χ4v) is 5.72. The van der Waals surface area contributed by atoms with Gasteiger partial charge in [-0.2, -0.15) is 9.40 Å². The lowest BCUT2D eigenvalue weighted by Gasteiger charge is -2.30. The van der Waals surface area contributed by atoms with Gasteiger partial charge in [0.05, 0.1) is 16.3 Å². The molecule has 2 amide bonds. The fourth-order valence-electron chi connectivity index (χ4n) is 4.20. The summed E-state index contributed by atoms with van der Waals surface area (Å²) in [5, 5.41) is 9.17. The first kappa shape index (κ1) is 20.5. The number of carbonyl (C=O) groups is 2. The maximum atomic E-state index is 13.0. The molecule has 1 aliphatic carbocycles. The highest BCUT2D eigenvalue weighted by Crippen LogP contribution is 2.29. The molecule has 1 aliphatic heterocycles. The molecule has 1 saturated heterocycles. The fraction of sp³-hybridized carbons (Fsp3) is 0.450. The van der Waals surface area contributed by atoms with E-state index < -0.39 is 15.9 Å². The number of nitrogens with zero attached hydrogens (tertiary/aromatic N) is 2. The number of benzene rings is 1. The lowest BCUT2D eigenvalue weighted by atomic mass is 9.97. The number of piperidine rings is 1. The Balaban J connectivity index is 1.42. The number of aromatic amines is 1. The first-order valence-corrected chi connectivity index (χ1v) is 11.5. The van der Waals surface area contributed by atoms with E-state index in [0.717, 1.165) is 24.8 Å². The summed E-state index contributed by atoms with van der Waals surface area (Å²) in [6.45, 7) is 2.22. The molecule has 2 aliphatic rings. The van der Waals surface area contributed by atoms with Crippen molar-refractivity contribution in [1.82, 2.24) is 14.5 Å². The standard InChI is InChI=1S/C20H25N5O4S/c1-12-17(18(19(21)26)24-23-12)22-20(27)14-7-9-25(10-8-14)30(28,29)16-6-5-13-3-2-4-15(13)11-16/h5-6,11,14H,2-4,7-10H2,1H3,(H2,21,26)(H,22,27)(H,23,24). The van der Waals surface area contributed by atoms with Gasteiger partial charge in [0, 0.05) is 19.0 Å². The Morgan fingerprint density at radius 1 is 1.20 bits per heavy atom. The molecule has 0 saturated carbocycles. The Bertz CT molecular complexity index is 1100. The Hall–Kier alpha value is -2.72. The zero-order valence-corrected chi connectivity index (χ0v) is 17.6. The van der Waals surface area contributed by atoms with Crippen LogP contribution in [0.15, 0.2) is 23.1 Å². The van der Waals surface area contributed by atoms with Crippen LogP contribution in [0.4, 0.5) is 5.69 Å². The molecule has 30 heavy (non-hydrogen) atoms. The van der Waals surface area contributed by atoms with Gasteiger partial charge in [-0.15, -0.1) is 0 Å². The first-order chi connectivity index (χ1) is 14.3. The second kappa shape index (κ2) is 7.84. The van der Waals surface area contributed by atoms with Gasteiger partial charge in [-0.1, -0.05) is 6.07 Å². The molecule has 4 rings (SSSR count). The van der Waals surface area contributed by atoms with E-state index in [4.69, 9.17) is 5.73 Å². The van der Waals surface area contributed by atoms with Gasteiger partial charge in [-0.25, -0.2) is 8.42 Å². The quantitative estimate of drug-likeness (QED) is 0.656. The zero-order valence-electron chi connectivity index (χ0n) is 16.8. The minimum absolute atomic E-state index is 0.0162. The van der Waals surface area contributed by atoms with E-state index >= 15 is 0 Å². The minimum atomic E-state index is -3.58. The van der Waals surface area contributed by atoms with E-state index in [2.05, 4.69) is 15.5 Å². The van der Waals surface area contributed by atoms with Gasteiger partial charge in [-0.3, -0.25) is 14.7 Å². The number of anilines is 1. The van der Waals surface area contributed by atoms with Crippen LogP contribution in [-0.4, -0.2) is 47.8 Å². The lowest BCUT2D eigenvalue weighted by molar-refractivity contribution is -0.120. The highest BCUT2D eigenvalue weighted by Gasteiger charge is 2.33. The average Bonchev–Trinajstić information content (AvgIpc) is 3.34. The molecule has 10 heteroatoms. The molecular weight excluding hydrogens is 406 g/mol. The van der Waals surface area contributed by atoms with Crippen molar-refractivity contribution in [3.8, 4) is 0 Å². The van der Waals surface area contributed by atoms with Crippen LogP contribution < -0.4 is 11.1 Å². The molecule has 0 radical (unpaired) electrons. The van der Waals surface area contributed by atoms with E-state index in [1.807, 2.05) is 6.07 Å². The molecule has 160 valence electrons. The van der Waals surface area contributed by atoms with Gasteiger partial charge >= 0.3 is 0 Å². The van der Waals surface area contributed by atoms with Gasteiger partial charge < -0.3 is 11.1 Å². The number of amides is 2. The number of fused-ring (bicyclic) bond motifs is 1. The Morgan fingerprint density at radius 2 is 1.90 bits per heavy atom. The molecule has 0 bridgehead atoms. The number of hydrogen-bond donors (Lipinski definition) is 3. The molecular formula is C20H25N5O4S. The Labute approximate surface area is 175 Å². The Morgan fingerprint density at radius 3 is 2.60 bits per heavy atom. The third kappa shape index (κ3) is 3.72. The minimum Gasteiger partial charge on any atom is -0.364 e. The molecule has 1 aromatic heterocycles. The number of H-pyrrole nitrogens is 1. The molecule has 1 fully saturated rings. The Kier molecular flexibility index (Phi) is 5.37. The molecule has 1 aromatic carbocycles. The molecule has 0 spiro atoms. The number of nitrogens with one attached hydrogen (secondary N) is 2. The normalized spacial score (nSPS) is 17.6. The van der Waals surface area contributed by atoms with E-state index in [-0.39, 0.29) is 36.3 Å². The third-order valence-electron chi connectivity index (χ3n) is 5.96. The van der Waals surface area contributed by atoms with Crippen molar-refractivity contribution in [3.63, 3.8) is 0 Å². The highest BCUT2D eigenvalue weighted by molar-refractivity contribution is 7.89. The van der Waals surface area contributed by atoms with Crippen LogP contribution in [0, 0.1) is 12.8 Å². The van der Waals surface area contributed by atoms with Crippen LogP contribution in [-0.2, 0) is 27.7 Å². The van der Waals surface area contributed by atoms with Crippen LogP contribution in [0.5, 0.6) is 0 Å². The van der Waals surface area contributed by atoms with Crippen LogP contribution >= 0.6 is 0 Å². The van der Waals surface area contributed by atoms with E-state index in [1.165, 1.54) is 9.87 Å². The number of nitrogens with two attached hydrogens (primary N) is 1. The van der Waals surface area contributed by atoms with Crippen molar-refractivity contribution in [1.29, 1.82) is 0 Å². The van der Waals surface area contributed by atoms with Crippen molar-refractivity contribution in [3.05, 3.63) is 40.7 Å². The number of sulfonamides is 1. The number of primary amides is 1. The summed E-state index contributed by atoms with van der Waals surface area (Å²) in [4.78, 5) is 24.5. The maximum Gasteiger partial charge on any atom is 0.271 e.